The summed E-state index contributed by atoms with van der Waals surface area (Å²) in [5.41, 5.74) is 3.18. The zero-order valence-electron chi connectivity index (χ0n) is 10.9. The van der Waals surface area contributed by atoms with Gasteiger partial charge in [-0.1, -0.05) is 18.2 Å². The summed E-state index contributed by atoms with van der Waals surface area (Å²) in [4.78, 5) is 0. The van der Waals surface area contributed by atoms with E-state index in [1.165, 1.54) is 5.56 Å². The Morgan fingerprint density at radius 3 is 2.70 bits per heavy atom. The number of phenols is 1. The Bertz CT molecular complexity index is 756. The molecule has 1 aromatic heterocycles. The number of phenolic OH excluding ortho intramolecular Hbond substituents is 1. The molecule has 0 amide bonds. The number of rotatable bonds is 1. The maximum absolute atomic E-state index is 9.37. The summed E-state index contributed by atoms with van der Waals surface area (Å²) in [7, 11) is 0. The van der Waals surface area contributed by atoms with Gasteiger partial charge < -0.3 is 14.3 Å². The highest BCUT2D eigenvalue weighted by atomic mass is 16.5. The zero-order valence-corrected chi connectivity index (χ0v) is 10.9. The average Bonchev–Trinajstić information content (AvgIpc) is 2.96. The lowest BCUT2D eigenvalue weighted by Crippen LogP contribution is -2.15. The predicted octanol–water partition coefficient (Wildman–Crippen LogP) is 4.20. The van der Waals surface area contributed by atoms with E-state index in [-0.39, 0.29) is 11.9 Å². The van der Waals surface area contributed by atoms with E-state index in [4.69, 9.17) is 9.15 Å². The largest absolute Gasteiger partial charge is 0.508 e. The molecule has 0 spiro atoms. The molecular formula is C17H14O3. The fourth-order valence-corrected chi connectivity index (χ4v) is 2.81. The van der Waals surface area contributed by atoms with Crippen LogP contribution >= 0.6 is 0 Å². The SMILES string of the molecule is Oc1ccc([C@@H]2CCc3ccc4occc4c3O2)cc1. The maximum atomic E-state index is 9.37. The fraction of sp³-hybridized carbons (Fsp3) is 0.176. The van der Waals surface area contributed by atoms with Crippen molar-refractivity contribution in [3.8, 4) is 11.5 Å². The van der Waals surface area contributed by atoms with Crippen molar-refractivity contribution in [2.45, 2.75) is 18.9 Å². The van der Waals surface area contributed by atoms with Gasteiger partial charge in [-0.2, -0.15) is 0 Å². The zero-order chi connectivity index (χ0) is 13.5. The molecule has 3 nitrogen and oxygen atoms in total. The number of furan rings is 1. The van der Waals surface area contributed by atoms with Gasteiger partial charge in [-0.05, 0) is 48.2 Å². The van der Waals surface area contributed by atoms with Gasteiger partial charge in [-0.15, -0.1) is 0 Å². The molecule has 1 N–H and O–H groups in total. The highest BCUT2D eigenvalue weighted by molar-refractivity contribution is 5.85. The first-order valence-corrected chi connectivity index (χ1v) is 6.76. The van der Waals surface area contributed by atoms with Gasteiger partial charge in [0.25, 0.3) is 0 Å². The highest BCUT2D eigenvalue weighted by Gasteiger charge is 2.23. The fourth-order valence-electron chi connectivity index (χ4n) is 2.81. The number of aryl methyl sites for hydroxylation is 1. The minimum atomic E-state index is 0.0311. The van der Waals surface area contributed by atoms with E-state index in [0.29, 0.717) is 0 Å². The summed E-state index contributed by atoms with van der Waals surface area (Å²) in [6.45, 7) is 0. The van der Waals surface area contributed by atoms with Gasteiger partial charge >= 0.3 is 0 Å². The van der Waals surface area contributed by atoms with E-state index >= 15 is 0 Å². The van der Waals surface area contributed by atoms with E-state index in [1.807, 2.05) is 24.3 Å². The van der Waals surface area contributed by atoms with Gasteiger partial charge in [0.2, 0.25) is 0 Å². The summed E-state index contributed by atoms with van der Waals surface area (Å²) in [6, 6.07) is 13.3. The smallest absolute Gasteiger partial charge is 0.137 e. The van der Waals surface area contributed by atoms with Crippen LogP contribution in [0.4, 0.5) is 0 Å². The highest BCUT2D eigenvalue weighted by Crippen LogP contribution is 2.40. The summed E-state index contributed by atoms with van der Waals surface area (Å²) >= 11 is 0. The topological polar surface area (TPSA) is 42.6 Å². The number of aromatic hydroxyl groups is 1. The summed E-state index contributed by atoms with van der Waals surface area (Å²) in [5, 5.41) is 10.4. The van der Waals surface area contributed by atoms with E-state index < -0.39 is 0 Å². The quantitative estimate of drug-likeness (QED) is 0.717. The lowest BCUT2D eigenvalue weighted by Gasteiger charge is -2.26. The van der Waals surface area contributed by atoms with Crippen molar-refractivity contribution in [2.24, 2.45) is 0 Å². The predicted molar refractivity (Wildman–Crippen MR) is 76.0 cm³/mol. The Hall–Kier alpha value is -2.42. The summed E-state index contributed by atoms with van der Waals surface area (Å²) in [6.07, 6.45) is 3.66. The van der Waals surface area contributed by atoms with Crippen molar-refractivity contribution in [1.82, 2.24) is 0 Å². The molecule has 2 aromatic carbocycles. The number of ether oxygens (including phenoxy) is 1. The second kappa shape index (κ2) is 4.30. The Morgan fingerprint density at radius 1 is 1.00 bits per heavy atom. The summed E-state index contributed by atoms with van der Waals surface area (Å²) < 4.78 is 11.6. The molecule has 20 heavy (non-hydrogen) atoms. The Kier molecular flexibility index (Phi) is 2.46. The van der Waals surface area contributed by atoms with Crippen LogP contribution in [0.2, 0.25) is 0 Å². The van der Waals surface area contributed by atoms with Crippen molar-refractivity contribution in [2.75, 3.05) is 0 Å². The average molecular weight is 266 g/mol. The molecule has 0 saturated carbocycles. The van der Waals surface area contributed by atoms with Crippen LogP contribution in [-0.4, -0.2) is 5.11 Å². The molecule has 1 aliphatic heterocycles. The Labute approximate surface area is 116 Å². The Morgan fingerprint density at radius 2 is 1.85 bits per heavy atom. The number of benzene rings is 2. The molecule has 0 radical (unpaired) electrons. The monoisotopic (exact) mass is 266 g/mol. The maximum Gasteiger partial charge on any atom is 0.137 e. The van der Waals surface area contributed by atoms with Crippen LogP contribution in [0, 0.1) is 0 Å². The molecule has 2 heterocycles. The number of fused-ring (bicyclic) bond motifs is 3. The van der Waals surface area contributed by atoms with Crippen LogP contribution in [-0.2, 0) is 6.42 Å². The second-order valence-corrected chi connectivity index (χ2v) is 5.12. The number of hydrogen-bond acceptors (Lipinski definition) is 3. The molecule has 3 aromatic rings. The van der Waals surface area contributed by atoms with Crippen molar-refractivity contribution >= 4 is 11.0 Å². The molecule has 1 atom stereocenters. The standard InChI is InChI=1S/C17H14O3/c18-13-5-1-11(2-6-13)15-7-3-12-4-8-16-14(9-10-19-16)17(12)20-15/h1-2,4-6,8-10,15,18H,3,7H2/t15-/m0/s1. The van der Waals surface area contributed by atoms with Gasteiger partial charge in [-0.25, -0.2) is 0 Å². The third-order valence-electron chi connectivity index (χ3n) is 3.87. The van der Waals surface area contributed by atoms with Crippen LogP contribution in [0.3, 0.4) is 0 Å². The van der Waals surface area contributed by atoms with Crippen LogP contribution in [0.25, 0.3) is 11.0 Å². The van der Waals surface area contributed by atoms with Gasteiger partial charge in [0, 0.05) is 0 Å². The van der Waals surface area contributed by atoms with Gasteiger partial charge in [-0.3, -0.25) is 0 Å². The first kappa shape index (κ1) is 11.4. The second-order valence-electron chi connectivity index (χ2n) is 5.12. The van der Waals surface area contributed by atoms with E-state index in [2.05, 4.69) is 6.07 Å². The summed E-state index contributed by atoms with van der Waals surface area (Å²) in [5.74, 6) is 1.21. The van der Waals surface area contributed by atoms with Gasteiger partial charge in [0.05, 0.1) is 11.6 Å². The molecule has 100 valence electrons. The minimum absolute atomic E-state index is 0.0311. The van der Waals surface area contributed by atoms with Crippen molar-refractivity contribution in [3.63, 3.8) is 0 Å². The van der Waals surface area contributed by atoms with Crippen molar-refractivity contribution in [3.05, 3.63) is 59.9 Å². The van der Waals surface area contributed by atoms with Crippen LogP contribution < -0.4 is 4.74 Å². The molecule has 0 saturated heterocycles. The third kappa shape index (κ3) is 1.74. The van der Waals surface area contributed by atoms with Crippen LogP contribution in [0.5, 0.6) is 11.5 Å². The molecule has 4 rings (SSSR count). The van der Waals surface area contributed by atoms with E-state index in [1.54, 1.807) is 18.4 Å². The van der Waals surface area contributed by atoms with Crippen molar-refractivity contribution in [1.29, 1.82) is 0 Å². The molecule has 0 bridgehead atoms. The third-order valence-corrected chi connectivity index (χ3v) is 3.87. The molecule has 0 aliphatic carbocycles. The van der Waals surface area contributed by atoms with Crippen LogP contribution in [0.15, 0.2) is 53.1 Å². The molecule has 0 fully saturated rings. The molecule has 3 heteroatoms. The van der Waals surface area contributed by atoms with E-state index in [0.717, 1.165) is 35.1 Å². The van der Waals surface area contributed by atoms with Crippen LogP contribution in [0.1, 0.15) is 23.7 Å². The molecule has 1 aliphatic rings. The lowest BCUT2D eigenvalue weighted by molar-refractivity contribution is 0.179. The first-order chi connectivity index (χ1) is 9.81. The first-order valence-electron chi connectivity index (χ1n) is 6.76. The minimum Gasteiger partial charge on any atom is -0.508 e. The normalized spacial score (nSPS) is 17.7. The Balaban J connectivity index is 1.75. The molecular weight excluding hydrogens is 252 g/mol. The number of hydrogen-bond donors (Lipinski definition) is 1. The molecule has 0 unspecified atom stereocenters. The van der Waals surface area contributed by atoms with Crippen molar-refractivity contribution < 1.29 is 14.3 Å². The lowest BCUT2D eigenvalue weighted by atomic mass is 9.96. The van der Waals surface area contributed by atoms with Gasteiger partial charge in [0.15, 0.2) is 0 Å². The van der Waals surface area contributed by atoms with Gasteiger partial charge in [0.1, 0.15) is 23.2 Å². The van der Waals surface area contributed by atoms with E-state index in [9.17, 15) is 5.11 Å².